The van der Waals surface area contributed by atoms with Crippen LogP contribution in [0.15, 0.2) is 30.9 Å². The Labute approximate surface area is 152 Å². The van der Waals surface area contributed by atoms with Crippen LogP contribution in [0, 0.1) is 5.92 Å². The zero-order chi connectivity index (χ0) is 18.7. The number of carbonyl (C=O) groups is 1. The summed E-state index contributed by atoms with van der Waals surface area (Å²) in [5.74, 6) is -0.912. The molecular weight excluding hydrogens is 356 g/mol. The SMILES string of the molecule is CS(=O)(=O)N1CCC[C@@H](Cc2nccnc2-c2cncc(C(=O)O)c2)C1. The Balaban J connectivity index is 1.86. The summed E-state index contributed by atoms with van der Waals surface area (Å²) in [5.41, 5.74) is 1.97. The molecule has 1 N–H and O–H groups in total. The summed E-state index contributed by atoms with van der Waals surface area (Å²) in [5, 5.41) is 9.15. The molecule has 1 atom stereocenters. The Morgan fingerprint density at radius 1 is 1.31 bits per heavy atom. The lowest BCUT2D eigenvalue weighted by molar-refractivity contribution is 0.0696. The van der Waals surface area contributed by atoms with Gasteiger partial charge in [0.05, 0.1) is 23.2 Å². The third-order valence-electron chi connectivity index (χ3n) is 4.47. The molecule has 138 valence electrons. The van der Waals surface area contributed by atoms with Gasteiger partial charge in [-0.05, 0) is 31.2 Å². The van der Waals surface area contributed by atoms with Crippen molar-refractivity contribution in [3.05, 3.63) is 42.1 Å². The fraction of sp³-hybridized carbons (Fsp3) is 0.412. The smallest absolute Gasteiger partial charge is 0.337 e. The molecule has 0 saturated carbocycles. The topological polar surface area (TPSA) is 113 Å². The summed E-state index contributed by atoms with van der Waals surface area (Å²) in [6, 6.07) is 1.52. The lowest BCUT2D eigenvalue weighted by Crippen LogP contribution is -2.39. The zero-order valence-corrected chi connectivity index (χ0v) is 15.2. The fourth-order valence-electron chi connectivity index (χ4n) is 3.21. The molecule has 3 rings (SSSR count). The number of carboxylic acid groups (broad SMARTS) is 1. The number of rotatable bonds is 5. The third-order valence-corrected chi connectivity index (χ3v) is 5.74. The number of carboxylic acids is 1. The van der Waals surface area contributed by atoms with Gasteiger partial charge < -0.3 is 5.11 Å². The van der Waals surface area contributed by atoms with Crippen LogP contribution in [0.5, 0.6) is 0 Å². The maximum Gasteiger partial charge on any atom is 0.337 e. The molecule has 9 heteroatoms. The maximum absolute atomic E-state index is 11.8. The highest BCUT2D eigenvalue weighted by molar-refractivity contribution is 7.88. The lowest BCUT2D eigenvalue weighted by atomic mass is 9.93. The van der Waals surface area contributed by atoms with Gasteiger partial charge in [-0.25, -0.2) is 17.5 Å². The average molecular weight is 376 g/mol. The highest BCUT2D eigenvalue weighted by Gasteiger charge is 2.27. The molecule has 0 aromatic carbocycles. The van der Waals surface area contributed by atoms with Gasteiger partial charge in [-0.1, -0.05) is 0 Å². The van der Waals surface area contributed by atoms with Crippen molar-refractivity contribution >= 4 is 16.0 Å². The zero-order valence-electron chi connectivity index (χ0n) is 14.4. The summed E-state index contributed by atoms with van der Waals surface area (Å²) in [4.78, 5) is 23.9. The van der Waals surface area contributed by atoms with Crippen molar-refractivity contribution in [2.24, 2.45) is 5.92 Å². The maximum atomic E-state index is 11.8. The van der Waals surface area contributed by atoms with Gasteiger partial charge in [0.25, 0.3) is 0 Å². The minimum absolute atomic E-state index is 0.0834. The first-order chi connectivity index (χ1) is 12.3. The molecule has 1 fully saturated rings. The number of aromatic carboxylic acids is 1. The highest BCUT2D eigenvalue weighted by Crippen LogP contribution is 2.26. The first-order valence-electron chi connectivity index (χ1n) is 8.28. The molecule has 3 heterocycles. The first kappa shape index (κ1) is 18.4. The van der Waals surface area contributed by atoms with E-state index < -0.39 is 16.0 Å². The summed E-state index contributed by atoms with van der Waals surface area (Å²) in [6.07, 6.45) is 9.51. The van der Waals surface area contributed by atoms with E-state index in [9.17, 15) is 13.2 Å². The van der Waals surface area contributed by atoms with Gasteiger partial charge in [0.1, 0.15) is 0 Å². The van der Waals surface area contributed by atoms with Crippen LogP contribution in [0.25, 0.3) is 11.3 Å². The second-order valence-electron chi connectivity index (χ2n) is 6.45. The summed E-state index contributed by atoms with van der Waals surface area (Å²) >= 11 is 0. The van der Waals surface area contributed by atoms with E-state index in [0.717, 1.165) is 18.5 Å². The molecule has 1 aliphatic heterocycles. The Morgan fingerprint density at radius 2 is 2.08 bits per heavy atom. The number of aromatic nitrogens is 3. The van der Waals surface area contributed by atoms with Crippen LogP contribution >= 0.6 is 0 Å². The molecule has 0 radical (unpaired) electrons. The van der Waals surface area contributed by atoms with Crippen LogP contribution in [0.3, 0.4) is 0 Å². The molecule has 0 spiro atoms. The van der Waals surface area contributed by atoms with Crippen molar-refractivity contribution in [1.82, 2.24) is 19.3 Å². The molecular formula is C17H20N4O4S. The standard InChI is InChI=1S/C17H20N4O4S/c1-26(24,25)21-6-2-3-12(11-21)7-15-16(20-5-4-19-15)13-8-14(17(22)23)10-18-9-13/h4-5,8-10,12H,2-3,6-7,11H2,1H3,(H,22,23)/t12-/m0/s1. The molecule has 0 bridgehead atoms. The summed E-state index contributed by atoms with van der Waals surface area (Å²) < 4.78 is 25.1. The van der Waals surface area contributed by atoms with Crippen LogP contribution in [0.4, 0.5) is 0 Å². The number of sulfonamides is 1. The molecule has 1 saturated heterocycles. The van der Waals surface area contributed by atoms with E-state index in [1.54, 1.807) is 18.6 Å². The van der Waals surface area contributed by atoms with E-state index in [1.807, 2.05) is 0 Å². The molecule has 0 unspecified atom stereocenters. The number of pyridine rings is 1. The van der Waals surface area contributed by atoms with Gasteiger partial charge in [0.2, 0.25) is 10.0 Å². The lowest BCUT2D eigenvalue weighted by Gasteiger charge is -2.31. The summed E-state index contributed by atoms with van der Waals surface area (Å²) in [6.45, 7) is 1.01. The Hall–Kier alpha value is -2.39. The van der Waals surface area contributed by atoms with Gasteiger partial charge >= 0.3 is 5.97 Å². The van der Waals surface area contributed by atoms with E-state index in [-0.39, 0.29) is 11.5 Å². The van der Waals surface area contributed by atoms with E-state index in [2.05, 4.69) is 15.0 Å². The number of piperidine rings is 1. The second-order valence-corrected chi connectivity index (χ2v) is 8.43. The predicted molar refractivity (Wildman–Crippen MR) is 95.1 cm³/mol. The van der Waals surface area contributed by atoms with Crippen LogP contribution in [-0.2, 0) is 16.4 Å². The van der Waals surface area contributed by atoms with Gasteiger partial charge in [0.15, 0.2) is 0 Å². The van der Waals surface area contributed by atoms with Crippen LogP contribution in [0.1, 0.15) is 28.9 Å². The van der Waals surface area contributed by atoms with Crippen LogP contribution in [0.2, 0.25) is 0 Å². The number of hydrogen-bond donors (Lipinski definition) is 1. The van der Waals surface area contributed by atoms with Gasteiger partial charge in [-0.2, -0.15) is 0 Å². The Morgan fingerprint density at radius 3 is 2.81 bits per heavy atom. The molecule has 2 aromatic heterocycles. The molecule has 2 aromatic rings. The monoisotopic (exact) mass is 376 g/mol. The molecule has 0 amide bonds. The van der Waals surface area contributed by atoms with Crippen molar-refractivity contribution < 1.29 is 18.3 Å². The molecule has 26 heavy (non-hydrogen) atoms. The van der Waals surface area contributed by atoms with Gasteiger partial charge in [-0.15, -0.1) is 0 Å². The van der Waals surface area contributed by atoms with E-state index in [0.29, 0.717) is 30.8 Å². The van der Waals surface area contributed by atoms with Gasteiger partial charge in [-0.3, -0.25) is 15.0 Å². The van der Waals surface area contributed by atoms with Crippen molar-refractivity contribution in [3.63, 3.8) is 0 Å². The Kier molecular flexibility index (Phi) is 5.28. The fourth-order valence-corrected chi connectivity index (χ4v) is 4.15. The van der Waals surface area contributed by atoms with Crippen molar-refractivity contribution in [2.75, 3.05) is 19.3 Å². The van der Waals surface area contributed by atoms with E-state index in [4.69, 9.17) is 5.11 Å². The number of nitrogens with zero attached hydrogens (tertiary/aromatic N) is 4. The van der Waals surface area contributed by atoms with E-state index >= 15 is 0 Å². The molecule has 0 aliphatic carbocycles. The van der Waals surface area contributed by atoms with Crippen LogP contribution < -0.4 is 0 Å². The average Bonchev–Trinajstić information content (AvgIpc) is 2.62. The first-order valence-corrected chi connectivity index (χ1v) is 10.1. The number of hydrogen-bond acceptors (Lipinski definition) is 6. The second kappa shape index (κ2) is 7.46. The van der Waals surface area contributed by atoms with Gasteiger partial charge in [0, 0.05) is 43.4 Å². The summed E-state index contributed by atoms with van der Waals surface area (Å²) in [7, 11) is -3.21. The van der Waals surface area contributed by atoms with Crippen molar-refractivity contribution in [1.29, 1.82) is 0 Å². The minimum Gasteiger partial charge on any atom is -0.478 e. The molecule has 1 aliphatic rings. The van der Waals surface area contributed by atoms with Crippen molar-refractivity contribution in [2.45, 2.75) is 19.3 Å². The Bertz CT molecular complexity index is 916. The third kappa shape index (κ3) is 4.23. The minimum atomic E-state index is -3.21. The predicted octanol–water partition coefficient (Wildman–Crippen LogP) is 1.45. The molecule has 8 nitrogen and oxygen atoms in total. The van der Waals surface area contributed by atoms with Crippen LogP contribution in [-0.4, -0.2) is 58.1 Å². The van der Waals surface area contributed by atoms with Crippen molar-refractivity contribution in [3.8, 4) is 11.3 Å². The highest BCUT2D eigenvalue weighted by atomic mass is 32.2. The quantitative estimate of drug-likeness (QED) is 0.840. The normalized spacial score (nSPS) is 18.6. The largest absolute Gasteiger partial charge is 0.478 e. The van der Waals surface area contributed by atoms with E-state index in [1.165, 1.54) is 22.8 Å².